The largest absolute Gasteiger partial charge is 0.474 e. The van der Waals surface area contributed by atoms with Crippen molar-refractivity contribution in [1.29, 1.82) is 0 Å². The van der Waals surface area contributed by atoms with Gasteiger partial charge in [0.15, 0.2) is 11.5 Å². The number of carbonyl (C=O) groups excluding carboxylic acids is 1. The van der Waals surface area contributed by atoms with Gasteiger partial charge in [0.2, 0.25) is 11.7 Å². The summed E-state index contributed by atoms with van der Waals surface area (Å²) in [6, 6.07) is 0. The van der Waals surface area contributed by atoms with Crippen LogP contribution in [0.3, 0.4) is 0 Å². The molecule has 0 radical (unpaired) electrons. The third-order valence-corrected chi connectivity index (χ3v) is 7.07. The SMILES string of the molecule is CC(C)Oc1nc2nc(C34CC(C)(C3)OC4(C)C)cn2cc1C(=O)Nc1cnn2cc(F)cnc12. The van der Waals surface area contributed by atoms with Gasteiger partial charge in [-0.1, -0.05) is 0 Å². The van der Waals surface area contributed by atoms with E-state index in [2.05, 4.69) is 41.2 Å². The Morgan fingerprint density at radius 1 is 1.17 bits per heavy atom. The maximum absolute atomic E-state index is 13.5. The Morgan fingerprint density at radius 3 is 2.63 bits per heavy atom. The van der Waals surface area contributed by atoms with Crippen molar-refractivity contribution in [2.24, 2.45) is 0 Å². The van der Waals surface area contributed by atoms with Crippen LogP contribution in [-0.2, 0) is 10.2 Å². The predicted octanol–water partition coefficient (Wildman–Crippen LogP) is 3.55. The van der Waals surface area contributed by atoms with Gasteiger partial charge in [-0.2, -0.15) is 10.1 Å². The van der Waals surface area contributed by atoms with Gasteiger partial charge in [0.05, 0.1) is 41.6 Å². The van der Waals surface area contributed by atoms with Crippen molar-refractivity contribution in [3.05, 3.63) is 48.1 Å². The first-order valence-electron chi connectivity index (χ1n) is 11.6. The zero-order valence-electron chi connectivity index (χ0n) is 20.2. The number of hydrogen-bond donors (Lipinski definition) is 1. The van der Waals surface area contributed by atoms with Gasteiger partial charge in [-0.15, -0.1) is 0 Å². The third kappa shape index (κ3) is 3.21. The lowest BCUT2D eigenvalue weighted by atomic mass is 9.56. The van der Waals surface area contributed by atoms with E-state index in [0.717, 1.165) is 24.7 Å². The van der Waals surface area contributed by atoms with Crippen LogP contribution in [0.2, 0.25) is 0 Å². The first-order valence-corrected chi connectivity index (χ1v) is 11.6. The van der Waals surface area contributed by atoms with Crippen LogP contribution in [0.1, 0.15) is 63.5 Å². The molecule has 2 saturated heterocycles. The average molecular weight is 480 g/mol. The molecule has 3 fully saturated rings. The number of anilines is 1. The summed E-state index contributed by atoms with van der Waals surface area (Å²) < 4.78 is 28.7. The van der Waals surface area contributed by atoms with Crippen molar-refractivity contribution in [3.8, 4) is 5.88 Å². The zero-order chi connectivity index (χ0) is 24.8. The Morgan fingerprint density at radius 2 is 1.94 bits per heavy atom. The van der Waals surface area contributed by atoms with Crippen LogP contribution in [-0.4, -0.2) is 52.2 Å². The van der Waals surface area contributed by atoms with Gasteiger partial charge in [0, 0.05) is 17.8 Å². The molecular weight excluding hydrogens is 453 g/mol. The van der Waals surface area contributed by atoms with E-state index in [4.69, 9.17) is 14.5 Å². The number of halogens is 1. The number of rotatable bonds is 5. The van der Waals surface area contributed by atoms with Gasteiger partial charge in [-0.05, 0) is 47.5 Å². The van der Waals surface area contributed by atoms with Crippen molar-refractivity contribution in [2.45, 2.75) is 70.2 Å². The van der Waals surface area contributed by atoms with Gasteiger partial charge < -0.3 is 14.8 Å². The molecule has 7 rings (SSSR count). The first-order chi connectivity index (χ1) is 16.5. The minimum atomic E-state index is -0.529. The number of imidazole rings is 1. The summed E-state index contributed by atoms with van der Waals surface area (Å²) in [5.74, 6) is -0.356. The van der Waals surface area contributed by atoms with Crippen molar-refractivity contribution >= 4 is 23.0 Å². The first kappa shape index (κ1) is 21.9. The fourth-order valence-electron chi connectivity index (χ4n) is 5.66. The van der Waals surface area contributed by atoms with E-state index in [1.54, 1.807) is 10.6 Å². The molecular formula is C24H26FN7O3. The molecule has 11 heteroatoms. The molecule has 4 aromatic rings. The summed E-state index contributed by atoms with van der Waals surface area (Å²) in [7, 11) is 0. The fraction of sp³-hybridized carbons (Fsp3) is 0.458. The summed E-state index contributed by atoms with van der Waals surface area (Å²) in [5, 5.41) is 6.84. The Bertz CT molecular complexity index is 1500. The van der Waals surface area contributed by atoms with Crippen molar-refractivity contribution in [2.75, 3.05) is 5.32 Å². The van der Waals surface area contributed by atoms with E-state index in [0.29, 0.717) is 17.1 Å². The number of fused-ring (bicyclic) bond motifs is 3. The summed E-state index contributed by atoms with van der Waals surface area (Å²) in [6.07, 6.45) is 8.84. The van der Waals surface area contributed by atoms with E-state index in [-0.39, 0.29) is 34.2 Å². The Kier molecular flexibility index (Phi) is 4.36. The molecule has 1 aliphatic carbocycles. The molecule has 0 atom stereocenters. The molecule has 0 spiro atoms. The monoisotopic (exact) mass is 479 g/mol. The second-order valence-electron chi connectivity index (χ2n) is 10.5. The standard InChI is InChI=1S/C24H26FN7O3/c1-13(2)34-20-15(19(33)28-16-7-27-32-8-14(25)6-26-18(16)32)9-31-10-17(29-21(31)30-20)24-11-23(5,12-24)35-22(24,3)4/h6-10,13H,11-12H2,1-5H3,(H,28,33). The van der Waals surface area contributed by atoms with Gasteiger partial charge in [0.25, 0.3) is 5.91 Å². The Labute approximate surface area is 200 Å². The minimum absolute atomic E-state index is 0.130. The smallest absolute Gasteiger partial charge is 0.262 e. The highest BCUT2D eigenvalue weighted by atomic mass is 19.1. The molecule has 4 aromatic heterocycles. The molecule has 35 heavy (non-hydrogen) atoms. The summed E-state index contributed by atoms with van der Waals surface area (Å²) in [4.78, 5) is 26.8. The number of amides is 1. The van der Waals surface area contributed by atoms with Gasteiger partial charge in [-0.25, -0.2) is 18.9 Å². The highest BCUT2D eigenvalue weighted by Gasteiger charge is 2.71. The number of ether oxygens (including phenoxy) is 2. The van der Waals surface area contributed by atoms with Crippen molar-refractivity contribution < 1.29 is 18.7 Å². The zero-order valence-corrected chi connectivity index (χ0v) is 20.2. The molecule has 10 nitrogen and oxygen atoms in total. The fourth-order valence-corrected chi connectivity index (χ4v) is 5.66. The molecule has 3 aliphatic rings. The lowest BCUT2D eigenvalue weighted by Gasteiger charge is -2.44. The number of nitrogens with zero attached hydrogens (tertiary/aromatic N) is 6. The van der Waals surface area contributed by atoms with Crippen LogP contribution in [0, 0.1) is 5.82 Å². The highest BCUT2D eigenvalue weighted by Crippen LogP contribution is 2.66. The number of aromatic nitrogens is 6. The molecule has 2 aliphatic heterocycles. The molecule has 1 amide bonds. The van der Waals surface area contributed by atoms with Crippen molar-refractivity contribution in [3.63, 3.8) is 0 Å². The van der Waals surface area contributed by atoms with E-state index in [9.17, 15) is 9.18 Å². The third-order valence-electron chi connectivity index (χ3n) is 7.07. The van der Waals surface area contributed by atoms with E-state index < -0.39 is 11.7 Å². The quantitative estimate of drug-likeness (QED) is 0.466. The van der Waals surface area contributed by atoms with Crippen molar-refractivity contribution in [1.82, 2.24) is 29.0 Å². The molecule has 6 heterocycles. The highest BCUT2D eigenvalue weighted by molar-refractivity contribution is 6.07. The normalized spacial score (nSPS) is 24.8. The van der Waals surface area contributed by atoms with E-state index >= 15 is 0 Å². The molecule has 1 N–H and O–H groups in total. The Hall–Kier alpha value is -3.60. The lowest BCUT2D eigenvalue weighted by molar-refractivity contribution is -0.0425. The molecule has 0 aromatic carbocycles. The van der Waals surface area contributed by atoms with Gasteiger partial charge in [-0.3, -0.25) is 9.20 Å². The minimum Gasteiger partial charge on any atom is -0.474 e. The van der Waals surface area contributed by atoms with Crippen LogP contribution in [0.4, 0.5) is 10.1 Å². The number of nitrogens with one attached hydrogen (secondary N) is 1. The van der Waals surface area contributed by atoms with Gasteiger partial charge in [0.1, 0.15) is 11.3 Å². The van der Waals surface area contributed by atoms with Crippen LogP contribution < -0.4 is 10.1 Å². The summed E-state index contributed by atoms with van der Waals surface area (Å²) >= 11 is 0. The van der Waals surface area contributed by atoms with Crippen LogP contribution in [0.5, 0.6) is 5.88 Å². The Balaban J connectivity index is 1.39. The molecule has 182 valence electrons. The summed E-state index contributed by atoms with van der Waals surface area (Å²) in [5.41, 5.74) is 1.10. The average Bonchev–Trinajstić information content (AvgIpc) is 3.43. The van der Waals surface area contributed by atoms with E-state index in [1.807, 2.05) is 20.0 Å². The maximum Gasteiger partial charge on any atom is 0.262 e. The number of hydrogen-bond acceptors (Lipinski definition) is 7. The number of carbonyl (C=O) groups is 1. The second-order valence-corrected chi connectivity index (χ2v) is 10.5. The summed E-state index contributed by atoms with van der Waals surface area (Å²) in [6.45, 7) is 10.1. The second kappa shape index (κ2) is 6.97. The van der Waals surface area contributed by atoms with Crippen LogP contribution in [0.25, 0.3) is 11.4 Å². The van der Waals surface area contributed by atoms with E-state index in [1.165, 1.54) is 16.9 Å². The topological polar surface area (TPSA) is 108 Å². The predicted molar refractivity (Wildman–Crippen MR) is 124 cm³/mol. The molecule has 0 unspecified atom stereocenters. The van der Waals surface area contributed by atoms with Crippen LogP contribution >= 0.6 is 0 Å². The van der Waals surface area contributed by atoms with Gasteiger partial charge >= 0.3 is 0 Å². The lowest BCUT2D eigenvalue weighted by Crippen LogP contribution is -2.50. The molecule has 1 saturated carbocycles. The van der Waals surface area contributed by atoms with Crippen LogP contribution in [0.15, 0.2) is 31.0 Å². The maximum atomic E-state index is 13.5. The molecule has 2 bridgehead atoms.